The Morgan fingerprint density at radius 2 is 1.17 bits per heavy atom. The molecule has 10 aromatic rings. The van der Waals surface area contributed by atoms with Gasteiger partial charge in [0.25, 0.3) is 0 Å². The molecule has 3 heteroatoms. The van der Waals surface area contributed by atoms with E-state index >= 15 is 0 Å². The number of rotatable bonds is 5. The van der Waals surface area contributed by atoms with Crippen molar-refractivity contribution in [1.29, 1.82) is 0 Å². The SMILES string of the molecule is [2H]c1c([2H])c([2H])c(-c2c([2H])c([2H])c(N(c3c([2H])c([2H])c([2H])c4c3sc3c([2H])c([2H])c([2H])c([2H])c34)c3c([2H])c([2H])c(C4(C([2H])([2H])[2H])c5c([2H])c([2H])c([2H])c([2H])c5-c5c([2H])c([2H])c([2H])c([2H])c54)c4oc5c([2H])c([2H])c([2H])c([2H])c5c34)c([2H])c2[2H])c([2H])c1[2H]. The number of benzene rings is 8. The summed E-state index contributed by atoms with van der Waals surface area (Å²) in [5, 5.41) is -2.81. The van der Waals surface area contributed by atoms with E-state index in [1.165, 1.54) is 0 Å². The molecule has 0 saturated heterocycles. The molecule has 0 N–H and O–H groups in total. The Hall–Kier alpha value is -6.42. The van der Waals surface area contributed by atoms with Crippen LogP contribution in [0, 0.1) is 0 Å². The number of furan rings is 1. The van der Waals surface area contributed by atoms with E-state index in [9.17, 15) is 24.7 Å². The number of hydrogen-bond acceptors (Lipinski definition) is 3. The van der Waals surface area contributed by atoms with Crippen LogP contribution in [0.5, 0.6) is 0 Å². The van der Waals surface area contributed by atoms with Crippen molar-refractivity contribution in [2.45, 2.75) is 12.3 Å². The Morgan fingerprint density at radius 1 is 0.528 bits per heavy atom. The molecule has 0 unspecified atom stereocenters. The second-order valence-electron chi connectivity index (χ2n) is 11.5. The van der Waals surface area contributed by atoms with E-state index in [4.69, 9.17) is 25.0 Å². The van der Waals surface area contributed by atoms with Crippen LogP contribution in [0.25, 0.3) is 64.4 Å². The maximum Gasteiger partial charge on any atom is 0.141 e. The number of hydrogen-bond donors (Lipinski definition) is 0. The maximum atomic E-state index is 10.4. The van der Waals surface area contributed by atoms with E-state index in [0.717, 1.165) is 0 Å². The third kappa shape index (κ3) is 4.38. The third-order valence-corrected chi connectivity index (χ3v) is 9.92. The largest absolute Gasteiger partial charge is 0.456 e. The molecule has 0 amide bonds. The van der Waals surface area contributed by atoms with Crippen molar-refractivity contribution in [3.05, 3.63) is 198 Å². The van der Waals surface area contributed by atoms with Gasteiger partial charge in [0.05, 0.1) is 62.6 Å². The standard InChI is InChI=1S/C50H33NOS/c1-50(40-21-9-5-16-35(40)36-17-6-10-22-41(36)50)42-30-31-43(47-39-19-7-11-24-45(39)52-48(42)47)51(34-28-26-33(27-29-34)32-14-3-2-4-15-32)44-23-13-20-38-37-18-8-12-25-46(37)53-49(38)44/h2-31H,1H3/i1D3,2D,3D,4D,5D,6D,7D,8D,9D,10D,11D,12D,13D,14D,15D,16D,17D,18D,19D,20D,21D,22D,23D,24D,25D,26D,27D,28D,29D,30D,31D. The van der Waals surface area contributed by atoms with E-state index in [-0.39, 0.29) is 4.70 Å². The normalized spacial score (nSPS) is 22.2. The van der Waals surface area contributed by atoms with Crippen molar-refractivity contribution in [3.8, 4) is 22.3 Å². The summed E-state index contributed by atoms with van der Waals surface area (Å²) in [6.07, 6.45) is 0. The number of nitrogens with zero attached hydrogens (tertiary/aromatic N) is 1. The van der Waals surface area contributed by atoms with Gasteiger partial charge in [0.2, 0.25) is 0 Å². The molecule has 0 bridgehead atoms. The van der Waals surface area contributed by atoms with Gasteiger partial charge in [-0.2, -0.15) is 0 Å². The molecule has 0 aliphatic heterocycles. The highest BCUT2D eigenvalue weighted by Crippen LogP contribution is 2.56. The van der Waals surface area contributed by atoms with Crippen LogP contribution in [-0.4, -0.2) is 0 Å². The molecule has 1 aliphatic carbocycles. The number of fused-ring (bicyclic) bond motifs is 9. The summed E-state index contributed by atoms with van der Waals surface area (Å²) in [7, 11) is 0. The molecular formula is C50H33NOS. The van der Waals surface area contributed by atoms with Gasteiger partial charge in [0.1, 0.15) is 11.2 Å². The Morgan fingerprint density at radius 3 is 1.94 bits per heavy atom. The van der Waals surface area contributed by atoms with Gasteiger partial charge in [-0.25, -0.2) is 0 Å². The lowest BCUT2D eigenvalue weighted by molar-refractivity contribution is 0.638. The zero-order valence-electron chi connectivity index (χ0n) is 59.3. The lowest BCUT2D eigenvalue weighted by Gasteiger charge is -2.31. The smallest absolute Gasteiger partial charge is 0.141 e. The predicted octanol–water partition coefficient (Wildman–Crippen LogP) is 14.4. The average molecular weight is 729 g/mol. The fourth-order valence-electron chi connectivity index (χ4n) is 6.56. The molecule has 53 heavy (non-hydrogen) atoms. The number of anilines is 3. The molecule has 2 aromatic heterocycles. The molecular weight excluding hydrogens is 663 g/mol. The molecule has 1 aliphatic rings. The topological polar surface area (TPSA) is 16.4 Å². The second kappa shape index (κ2) is 11.5. The zero-order valence-corrected chi connectivity index (χ0v) is 27.1. The molecule has 8 aromatic carbocycles. The Labute approximate surface area is 358 Å². The fraction of sp³-hybridized carbons (Fsp3) is 0.0400. The van der Waals surface area contributed by atoms with E-state index in [0.29, 0.717) is 16.2 Å². The van der Waals surface area contributed by atoms with Crippen LogP contribution in [0.1, 0.15) is 68.8 Å². The first kappa shape index (κ1) is 12.1. The number of thiophene rings is 1. The first-order chi connectivity index (χ1) is 39.9. The van der Waals surface area contributed by atoms with Crippen molar-refractivity contribution < 1.29 is 49.7 Å². The summed E-state index contributed by atoms with van der Waals surface area (Å²) in [6.45, 7) is -3.98. The Bertz CT molecular complexity index is 4760. The van der Waals surface area contributed by atoms with E-state index in [1.807, 2.05) is 0 Å². The molecule has 2 heterocycles. The molecule has 2 nitrogen and oxygen atoms in total. The lowest BCUT2D eigenvalue weighted by atomic mass is 9.73. The fourth-order valence-corrected chi connectivity index (χ4v) is 7.61. The summed E-state index contributed by atoms with van der Waals surface area (Å²) >= 11 is 0.416. The van der Waals surface area contributed by atoms with Gasteiger partial charge in [-0.3, -0.25) is 0 Å². The van der Waals surface area contributed by atoms with Gasteiger partial charge in [-0.15, -0.1) is 11.3 Å². The van der Waals surface area contributed by atoms with Gasteiger partial charge in [-0.05, 0) is 76.5 Å². The first-order valence-electron chi connectivity index (χ1n) is 32.0. The summed E-state index contributed by atoms with van der Waals surface area (Å²) in [5.41, 5.74) is -15.6. The van der Waals surface area contributed by atoms with Crippen LogP contribution in [0.3, 0.4) is 0 Å². The van der Waals surface area contributed by atoms with Crippen molar-refractivity contribution in [3.63, 3.8) is 0 Å². The second-order valence-corrected chi connectivity index (χ2v) is 12.5. The minimum atomic E-state index is -3.98. The highest BCUT2D eigenvalue weighted by molar-refractivity contribution is 7.26. The van der Waals surface area contributed by atoms with Gasteiger partial charge >= 0.3 is 0 Å². The third-order valence-electron chi connectivity index (χ3n) is 8.80. The molecule has 250 valence electrons. The lowest BCUT2D eigenvalue weighted by Crippen LogP contribution is -2.23. The molecule has 11 rings (SSSR count). The highest BCUT2D eigenvalue weighted by Gasteiger charge is 2.43. The summed E-state index contributed by atoms with van der Waals surface area (Å²) in [5.74, 6) is 0. The average Bonchev–Trinajstić information content (AvgIpc) is 1.46. The van der Waals surface area contributed by atoms with E-state index in [1.54, 1.807) is 0 Å². The van der Waals surface area contributed by atoms with E-state index in [2.05, 4.69) is 0 Å². The molecule has 0 saturated carbocycles. The van der Waals surface area contributed by atoms with Crippen molar-refractivity contribution >= 4 is 70.5 Å². The van der Waals surface area contributed by atoms with Gasteiger partial charge in [-0.1, -0.05) is 145 Å². The van der Waals surface area contributed by atoms with Crippen molar-refractivity contribution in [2.24, 2.45) is 0 Å². The van der Waals surface area contributed by atoms with Gasteiger partial charge < -0.3 is 9.32 Å². The van der Waals surface area contributed by atoms with Crippen LogP contribution in [0.15, 0.2) is 186 Å². The van der Waals surface area contributed by atoms with Gasteiger partial charge in [0, 0.05) is 41.6 Å². The van der Waals surface area contributed by atoms with Crippen LogP contribution in [0.2, 0.25) is 0 Å². The minimum absolute atomic E-state index is 0.343. The van der Waals surface area contributed by atoms with Crippen LogP contribution >= 0.6 is 11.3 Å². The van der Waals surface area contributed by atoms with Crippen LogP contribution < -0.4 is 4.90 Å². The van der Waals surface area contributed by atoms with Crippen LogP contribution in [-0.2, 0) is 5.41 Å². The highest BCUT2D eigenvalue weighted by atomic mass is 32.1. The van der Waals surface area contributed by atoms with Gasteiger partial charge in [0.15, 0.2) is 0 Å². The quantitative estimate of drug-likeness (QED) is 0.175. The Kier molecular flexibility index (Phi) is 2.63. The van der Waals surface area contributed by atoms with Crippen LogP contribution in [0.4, 0.5) is 17.1 Å². The molecule has 0 atom stereocenters. The number of para-hydroxylation sites is 1. The zero-order chi connectivity index (χ0) is 63.7. The monoisotopic (exact) mass is 728 g/mol. The van der Waals surface area contributed by atoms with Crippen molar-refractivity contribution in [1.82, 2.24) is 0 Å². The van der Waals surface area contributed by atoms with E-state index < -0.39 is 287 Å². The molecule has 0 radical (unpaired) electrons. The molecule has 0 fully saturated rings. The summed E-state index contributed by atoms with van der Waals surface area (Å²) in [4.78, 5) is 0.486. The Balaban J connectivity index is 1.48. The minimum Gasteiger partial charge on any atom is -0.456 e. The molecule has 0 spiro atoms. The summed E-state index contributed by atoms with van der Waals surface area (Å²) < 4.78 is 308. The van der Waals surface area contributed by atoms with Crippen molar-refractivity contribution in [2.75, 3.05) is 4.90 Å². The summed E-state index contributed by atoms with van der Waals surface area (Å²) in [6, 6.07) is -32.2. The predicted molar refractivity (Wildman–Crippen MR) is 224 cm³/mol. The maximum absolute atomic E-state index is 10.4. The first-order valence-corrected chi connectivity index (χ1v) is 16.3.